The van der Waals surface area contributed by atoms with Crippen LogP contribution in [0.3, 0.4) is 0 Å². The molecule has 0 rings (SSSR count). The summed E-state index contributed by atoms with van der Waals surface area (Å²) in [6, 6.07) is 0. The Morgan fingerprint density at radius 1 is 1.00 bits per heavy atom. The normalized spacial score (nSPS) is 19.3. The summed E-state index contributed by atoms with van der Waals surface area (Å²) >= 11 is 0. The van der Waals surface area contributed by atoms with E-state index < -0.39 is 31.0 Å². The van der Waals surface area contributed by atoms with E-state index in [0.717, 1.165) is 0 Å². The second-order valence-corrected chi connectivity index (χ2v) is 2.86. The van der Waals surface area contributed by atoms with E-state index in [1.165, 1.54) is 0 Å². The second-order valence-electron chi connectivity index (χ2n) is 2.86. The number of hydrogen-bond donors (Lipinski definition) is 6. The van der Waals surface area contributed by atoms with Crippen molar-refractivity contribution in [2.75, 3.05) is 20.2 Å². The molecule has 0 aliphatic rings. The molecule has 4 atom stereocenters. The Morgan fingerprint density at radius 3 is 1.79 bits per heavy atom. The van der Waals surface area contributed by atoms with Gasteiger partial charge in [0.25, 0.3) is 0 Å². The maximum atomic E-state index is 9.21. The first-order valence-electron chi connectivity index (χ1n) is 4.02. The van der Waals surface area contributed by atoms with Crippen molar-refractivity contribution < 1.29 is 25.5 Å². The second kappa shape index (κ2) is 8.54. The Balaban J connectivity index is 0. The highest BCUT2D eigenvalue weighted by Crippen LogP contribution is 2.04. The van der Waals surface area contributed by atoms with Crippen molar-refractivity contribution in [3.63, 3.8) is 0 Å². The van der Waals surface area contributed by atoms with Crippen molar-refractivity contribution in [3.05, 3.63) is 0 Å². The predicted molar refractivity (Wildman–Crippen MR) is 55.4 cm³/mol. The molecule has 0 saturated heterocycles. The molecular weight excluding hydrogens is 258 g/mol. The van der Waals surface area contributed by atoms with Gasteiger partial charge in [-0.25, -0.2) is 0 Å². The molecule has 0 bridgehead atoms. The van der Waals surface area contributed by atoms with Gasteiger partial charge in [0.2, 0.25) is 0 Å². The van der Waals surface area contributed by atoms with Crippen LogP contribution in [-0.2, 0) is 0 Å². The van der Waals surface area contributed by atoms with Crippen molar-refractivity contribution in [2.45, 2.75) is 24.4 Å². The number of nitrogens with one attached hydrogen (secondary N) is 1. The SMILES string of the molecule is Br.CNC[C@@H](O)[C@@H](O)[C@H](O)[C@H](O)CO. The number of aliphatic hydroxyl groups excluding tert-OH is 5. The van der Waals surface area contributed by atoms with Gasteiger partial charge in [0.05, 0.1) is 12.7 Å². The maximum absolute atomic E-state index is 9.21. The molecule has 0 aromatic heterocycles. The molecule has 0 spiro atoms. The number of halogens is 1. The van der Waals surface area contributed by atoms with Gasteiger partial charge in [-0.2, -0.15) is 0 Å². The van der Waals surface area contributed by atoms with Gasteiger partial charge in [0, 0.05) is 6.54 Å². The van der Waals surface area contributed by atoms with Crippen molar-refractivity contribution in [1.29, 1.82) is 0 Å². The third-order valence-electron chi connectivity index (χ3n) is 1.74. The number of rotatable bonds is 6. The summed E-state index contributed by atoms with van der Waals surface area (Å²) in [6.07, 6.45) is -5.65. The largest absolute Gasteiger partial charge is 0.394 e. The summed E-state index contributed by atoms with van der Waals surface area (Å²) in [4.78, 5) is 0. The minimum Gasteiger partial charge on any atom is -0.394 e. The molecule has 0 fully saturated rings. The highest BCUT2D eigenvalue weighted by Gasteiger charge is 2.29. The van der Waals surface area contributed by atoms with Gasteiger partial charge in [-0.3, -0.25) is 0 Å². The van der Waals surface area contributed by atoms with Gasteiger partial charge < -0.3 is 30.8 Å². The lowest BCUT2D eigenvalue weighted by Gasteiger charge is -2.25. The summed E-state index contributed by atoms with van der Waals surface area (Å²) in [5.74, 6) is 0. The zero-order valence-electron chi connectivity index (χ0n) is 7.87. The van der Waals surface area contributed by atoms with Gasteiger partial charge in [-0.05, 0) is 7.05 Å². The van der Waals surface area contributed by atoms with Crippen LogP contribution in [0.2, 0.25) is 0 Å². The van der Waals surface area contributed by atoms with Crippen LogP contribution < -0.4 is 5.32 Å². The van der Waals surface area contributed by atoms with E-state index in [9.17, 15) is 5.11 Å². The molecule has 0 aliphatic carbocycles. The molecule has 7 heteroatoms. The molecule has 0 amide bonds. The van der Waals surface area contributed by atoms with Gasteiger partial charge in [-0.1, -0.05) is 0 Å². The van der Waals surface area contributed by atoms with Crippen molar-refractivity contribution in [1.82, 2.24) is 5.32 Å². The van der Waals surface area contributed by atoms with E-state index >= 15 is 0 Å². The molecule has 6 nitrogen and oxygen atoms in total. The Kier molecular flexibility index (Phi) is 10.2. The molecule has 14 heavy (non-hydrogen) atoms. The fourth-order valence-electron chi connectivity index (χ4n) is 0.893. The fraction of sp³-hybridized carbons (Fsp3) is 1.00. The van der Waals surface area contributed by atoms with E-state index in [0.29, 0.717) is 0 Å². The monoisotopic (exact) mass is 275 g/mol. The fourth-order valence-corrected chi connectivity index (χ4v) is 0.893. The lowest BCUT2D eigenvalue weighted by Crippen LogP contribution is -2.48. The summed E-state index contributed by atoms with van der Waals surface area (Å²) in [5, 5.41) is 47.5. The van der Waals surface area contributed by atoms with Crippen LogP contribution in [-0.4, -0.2) is 70.1 Å². The van der Waals surface area contributed by atoms with E-state index in [4.69, 9.17) is 20.4 Å². The highest BCUT2D eigenvalue weighted by atomic mass is 79.9. The zero-order chi connectivity index (χ0) is 10.4. The van der Waals surface area contributed by atoms with E-state index in [2.05, 4.69) is 5.32 Å². The third kappa shape index (κ3) is 5.20. The molecule has 0 aromatic carbocycles. The quantitative estimate of drug-likeness (QED) is 0.313. The lowest BCUT2D eigenvalue weighted by atomic mass is 10.0. The van der Waals surface area contributed by atoms with Crippen LogP contribution in [0, 0.1) is 0 Å². The summed E-state index contributed by atoms with van der Waals surface area (Å²) in [6.45, 7) is -0.569. The molecule has 0 aromatic rings. The van der Waals surface area contributed by atoms with Crippen LogP contribution in [0.15, 0.2) is 0 Å². The first kappa shape index (κ1) is 16.7. The summed E-state index contributed by atoms with van der Waals surface area (Å²) in [7, 11) is 1.57. The molecular formula is C7H18BrNO5. The predicted octanol–water partition coefficient (Wildman–Crippen LogP) is -2.78. The zero-order valence-corrected chi connectivity index (χ0v) is 9.58. The maximum Gasteiger partial charge on any atom is 0.111 e. The first-order valence-corrected chi connectivity index (χ1v) is 4.02. The highest BCUT2D eigenvalue weighted by molar-refractivity contribution is 8.93. The molecule has 0 unspecified atom stereocenters. The minimum absolute atomic E-state index is 0. The van der Waals surface area contributed by atoms with Crippen molar-refractivity contribution in [2.24, 2.45) is 0 Å². The standard InChI is InChI=1S/C7H17NO5.BrH/c1-8-2-4(10)6(12)7(13)5(11)3-9;/h4-13H,2-3H2,1H3;1H/t4-,5-,6-,7-;/m1./s1. The van der Waals surface area contributed by atoms with Crippen LogP contribution in [0.5, 0.6) is 0 Å². The van der Waals surface area contributed by atoms with Crippen molar-refractivity contribution >= 4 is 17.0 Å². The minimum atomic E-state index is -1.55. The average molecular weight is 276 g/mol. The van der Waals surface area contributed by atoms with Crippen LogP contribution in [0.4, 0.5) is 0 Å². The van der Waals surface area contributed by atoms with Gasteiger partial charge in [-0.15, -0.1) is 17.0 Å². The molecule has 0 aliphatic heterocycles. The number of hydrogen-bond acceptors (Lipinski definition) is 6. The van der Waals surface area contributed by atoms with Crippen LogP contribution in [0.1, 0.15) is 0 Å². The molecule has 0 saturated carbocycles. The Morgan fingerprint density at radius 2 is 1.43 bits per heavy atom. The molecule has 0 heterocycles. The molecule has 0 radical (unpaired) electrons. The van der Waals surface area contributed by atoms with E-state index in [-0.39, 0.29) is 23.5 Å². The van der Waals surface area contributed by atoms with Gasteiger partial charge >= 0.3 is 0 Å². The third-order valence-corrected chi connectivity index (χ3v) is 1.74. The van der Waals surface area contributed by atoms with E-state index in [1.807, 2.05) is 0 Å². The number of aliphatic hydroxyl groups is 5. The Bertz CT molecular complexity index is 139. The first-order chi connectivity index (χ1) is 6.04. The topological polar surface area (TPSA) is 113 Å². The lowest BCUT2D eigenvalue weighted by molar-refractivity contribution is -0.113. The van der Waals surface area contributed by atoms with Crippen molar-refractivity contribution in [3.8, 4) is 0 Å². The van der Waals surface area contributed by atoms with Gasteiger partial charge in [0.15, 0.2) is 0 Å². The van der Waals surface area contributed by atoms with Crippen LogP contribution >= 0.6 is 17.0 Å². The van der Waals surface area contributed by atoms with Gasteiger partial charge in [0.1, 0.15) is 18.3 Å². The number of likely N-dealkylation sites (N-methyl/N-ethyl adjacent to an activating group) is 1. The molecule has 88 valence electrons. The summed E-state index contributed by atoms with van der Waals surface area (Å²) in [5.41, 5.74) is 0. The smallest absolute Gasteiger partial charge is 0.111 e. The molecule has 6 N–H and O–H groups in total. The van der Waals surface area contributed by atoms with Crippen LogP contribution in [0.25, 0.3) is 0 Å². The Hall–Kier alpha value is 0.240. The summed E-state index contributed by atoms with van der Waals surface area (Å²) < 4.78 is 0. The average Bonchev–Trinajstić information content (AvgIpc) is 2.14. The van der Waals surface area contributed by atoms with E-state index in [1.54, 1.807) is 7.05 Å². The Labute approximate surface area is 93.0 Å².